The molecule has 0 N–H and O–H groups in total. The van der Waals surface area contributed by atoms with Crippen molar-refractivity contribution < 1.29 is 0 Å². The molecule has 84 valence electrons. The maximum atomic E-state index is 8.82. The monoisotopic (exact) mass is 324 g/mol. The number of nitriles is 1. The topological polar surface area (TPSA) is 36.7 Å². The third kappa shape index (κ3) is 3.22. The summed E-state index contributed by atoms with van der Waals surface area (Å²) in [4.78, 5) is 5.22. The number of pyridine rings is 1. The fourth-order valence-electron chi connectivity index (χ4n) is 1.19. The Bertz CT molecular complexity index is 578. The molecule has 0 unspecified atom stereocenters. The molecule has 0 aliphatic rings. The van der Waals surface area contributed by atoms with Crippen LogP contribution in [0.2, 0.25) is 5.02 Å². The van der Waals surface area contributed by atoms with Gasteiger partial charge in [0.15, 0.2) is 0 Å². The average molecular weight is 326 g/mol. The normalized spacial score (nSPS) is 9.94. The Labute approximate surface area is 117 Å². The highest BCUT2D eigenvalue weighted by molar-refractivity contribution is 9.10. The Balaban J connectivity index is 2.22. The third-order valence-corrected chi connectivity index (χ3v) is 3.80. The standard InChI is InChI=1S/C12H6BrClN2S/c13-11-5-10(3-1-8(11)6-15)17-12-4-2-9(14)7-16-12/h1-5,7H. The van der Waals surface area contributed by atoms with Gasteiger partial charge in [-0.15, -0.1) is 0 Å². The van der Waals surface area contributed by atoms with Crippen molar-refractivity contribution in [2.75, 3.05) is 0 Å². The molecule has 0 amide bonds. The highest BCUT2D eigenvalue weighted by atomic mass is 79.9. The lowest BCUT2D eigenvalue weighted by atomic mass is 10.2. The molecule has 2 nitrogen and oxygen atoms in total. The number of halogens is 2. The summed E-state index contributed by atoms with van der Waals surface area (Å²) in [5.74, 6) is 0. The lowest BCUT2D eigenvalue weighted by Crippen LogP contribution is -1.81. The first-order chi connectivity index (χ1) is 8.19. The minimum atomic E-state index is 0.621. The molecule has 5 heteroatoms. The fourth-order valence-corrected chi connectivity index (χ4v) is 2.72. The van der Waals surface area contributed by atoms with Gasteiger partial charge < -0.3 is 0 Å². The zero-order valence-corrected chi connectivity index (χ0v) is 11.7. The molecule has 0 fully saturated rings. The van der Waals surface area contributed by atoms with E-state index in [1.54, 1.807) is 18.3 Å². The molecule has 0 bridgehead atoms. The summed E-state index contributed by atoms with van der Waals surface area (Å²) < 4.78 is 0.791. The summed E-state index contributed by atoms with van der Waals surface area (Å²) in [6, 6.07) is 11.3. The second-order valence-electron chi connectivity index (χ2n) is 3.17. The van der Waals surface area contributed by atoms with Crippen LogP contribution < -0.4 is 0 Å². The largest absolute Gasteiger partial charge is 0.248 e. The third-order valence-electron chi connectivity index (χ3n) is 1.98. The smallest absolute Gasteiger partial charge is 0.101 e. The van der Waals surface area contributed by atoms with E-state index in [1.165, 1.54) is 11.8 Å². The molecule has 17 heavy (non-hydrogen) atoms. The first-order valence-corrected chi connectivity index (χ1v) is 6.67. The Morgan fingerprint density at radius 3 is 2.71 bits per heavy atom. The van der Waals surface area contributed by atoms with Crippen molar-refractivity contribution in [3.63, 3.8) is 0 Å². The second-order valence-corrected chi connectivity index (χ2v) is 5.55. The van der Waals surface area contributed by atoms with Crippen molar-refractivity contribution in [3.05, 3.63) is 51.6 Å². The van der Waals surface area contributed by atoms with E-state index >= 15 is 0 Å². The highest BCUT2D eigenvalue weighted by Crippen LogP contribution is 2.30. The van der Waals surface area contributed by atoms with Crippen LogP contribution in [0.25, 0.3) is 0 Å². The number of rotatable bonds is 2. The van der Waals surface area contributed by atoms with Crippen LogP contribution in [0.3, 0.4) is 0 Å². The van der Waals surface area contributed by atoms with Crippen LogP contribution in [0.1, 0.15) is 5.56 Å². The Kier molecular flexibility index (Phi) is 4.06. The second kappa shape index (κ2) is 5.54. The van der Waals surface area contributed by atoms with E-state index in [9.17, 15) is 0 Å². The van der Waals surface area contributed by atoms with Gasteiger partial charge in [-0.3, -0.25) is 0 Å². The number of aromatic nitrogens is 1. The average Bonchev–Trinajstić information content (AvgIpc) is 2.32. The minimum absolute atomic E-state index is 0.621. The van der Waals surface area contributed by atoms with Gasteiger partial charge in [0, 0.05) is 15.6 Å². The quantitative estimate of drug-likeness (QED) is 0.814. The van der Waals surface area contributed by atoms with Gasteiger partial charge in [-0.05, 0) is 46.3 Å². The predicted molar refractivity (Wildman–Crippen MR) is 72.2 cm³/mol. The first kappa shape index (κ1) is 12.4. The van der Waals surface area contributed by atoms with E-state index < -0.39 is 0 Å². The number of nitrogens with zero attached hydrogens (tertiary/aromatic N) is 2. The number of hydrogen-bond acceptors (Lipinski definition) is 3. The summed E-state index contributed by atoms with van der Waals surface area (Å²) in [5.41, 5.74) is 0.624. The van der Waals surface area contributed by atoms with Gasteiger partial charge in [-0.1, -0.05) is 23.4 Å². The van der Waals surface area contributed by atoms with Crippen LogP contribution >= 0.6 is 39.3 Å². The lowest BCUT2D eigenvalue weighted by molar-refractivity contribution is 1.13. The van der Waals surface area contributed by atoms with E-state index in [0.717, 1.165) is 14.4 Å². The molecule has 1 aromatic carbocycles. The van der Waals surface area contributed by atoms with E-state index in [-0.39, 0.29) is 0 Å². The maximum absolute atomic E-state index is 8.82. The van der Waals surface area contributed by atoms with E-state index in [4.69, 9.17) is 16.9 Å². The van der Waals surface area contributed by atoms with Gasteiger partial charge in [-0.2, -0.15) is 5.26 Å². The minimum Gasteiger partial charge on any atom is -0.248 e. The summed E-state index contributed by atoms with van der Waals surface area (Å²) in [6.45, 7) is 0. The Morgan fingerprint density at radius 1 is 1.29 bits per heavy atom. The van der Waals surface area contributed by atoms with Gasteiger partial charge in [-0.25, -0.2) is 4.98 Å². The molecule has 0 aliphatic heterocycles. The molecule has 0 spiro atoms. The molecule has 1 heterocycles. The maximum Gasteiger partial charge on any atom is 0.101 e. The molecule has 0 saturated heterocycles. The van der Waals surface area contributed by atoms with Crippen molar-refractivity contribution in [1.29, 1.82) is 5.26 Å². The van der Waals surface area contributed by atoms with Crippen LogP contribution in [-0.4, -0.2) is 4.98 Å². The van der Waals surface area contributed by atoms with Gasteiger partial charge in [0.1, 0.15) is 11.1 Å². The molecule has 0 saturated carbocycles. The van der Waals surface area contributed by atoms with Crippen molar-refractivity contribution in [3.8, 4) is 6.07 Å². The number of hydrogen-bond donors (Lipinski definition) is 0. The van der Waals surface area contributed by atoms with Crippen molar-refractivity contribution in [2.24, 2.45) is 0 Å². The molecule has 2 aromatic rings. The van der Waals surface area contributed by atoms with Crippen LogP contribution in [0.15, 0.2) is 50.9 Å². The van der Waals surface area contributed by atoms with Gasteiger partial charge in [0.05, 0.1) is 10.6 Å². The van der Waals surface area contributed by atoms with Crippen molar-refractivity contribution in [2.45, 2.75) is 9.92 Å². The zero-order valence-electron chi connectivity index (χ0n) is 8.52. The van der Waals surface area contributed by atoms with Crippen LogP contribution in [-0.2, 0) is 0 Å². The SMILES string of the molecule is N#Cc1ccc(Sc2ccc(Cl)cn2)cc1Br. The Hall–Kier alpha value is -1.02. The summed E-state index contributed by atoms with van der Waals surface area (Å²) >= 11 is 10.6. The van der Waals surface area contributed by atoms with Crippen molar-refractivity contribution >= 4 is 39.3 Å². The summed E-state index contributed by atoms with van der Waals surface area (Å²) in [6.07, 6.45) is 1.61. The number of benzene rings is 1. The molecule has 0 radical (unpaired) electrons. The summed E-state index contributed by atoms with van der Waals surface area (Å²) in [5, 5.41) is 10.3. The van der Waals surface area contributed by atoms with Crippen molar-refractivity contribution in [1.82, 2.24) is 4.98 Å². The molecule has 0 atom stereocenters. The van der Waals surface area contributed by atoms with Gasteiger partial charge in [0.2, 0.25) is 0 Å². The fraction of sp³-hybridized carbons (Fsp3) is 0. The highest BCUT2D eigenvalue weighted by Gasteiger charge is 2.03. The van der Waals surface area contributed by atoms with Crippen LogP contribution in [0.5, 0.6) is 0 Å². The Morgan fingerprint density at radius 2 is 2.12 bits per heavy atom. The van der Waals surface area contributed by atoms with E-state index in [2.05, 4.69) is 27.0 Å². The lowest BCUT2D eigenvalue weighted by Gasteiger charge is -2.02. The molecular weight excluding hydrogens is 320 g/mol. The zero-order chi connectivity index (χ0) is 12.3. The molecule has 1 aromatic heterocycles. The molecule has 0 aliphatic carbocycles. The van der Waals surface area contributed by atoms with E-state index in [0.29, 0.717) is 10.6 Å². The molecular formula is C12H6BrClN2S. The molecule has 2 rings (SSSR count). The van der Waals surface area contributed by atoms with Gasteiger partial charge in [0.25, 0.3) is 0 Å². The van der Waals surface area contributed by atoms with Crippen LogP contribution in [0, 0.1) is 11.3 Å². The summed E-state index contributed by atoms with van der Waals surface area (Å²) in [7, 11) is 0. The van der Waals surface area contributed by atoms with Gasteiger partial charge >= 0.3 is 0 Å². The van der Waals surface area contributed by atoms with Crippen LogP contribution in [0.4, 0.5) is 0 Å². The first-order valence-electron chi connectivity index (χ1n) is 4.68. The predicted octanol–water partition coefficient (Wildman–Crippen LogP) is 4.52. The van der Waals surface area contributed by atoms with E-state index in [1.807, 2.05) is 18.2 Å².